The lowest BCUT2D eigenvalue weighted by atomic mass is 9.78. The molecule has 1 aliphatic heterocycles. The van der Waals surface area contributed by atoms with Crippen LogP contribution in [0.3, 0.4) is 0 Å². The molecule has 2 aliphatic rings. The van der Waals surface area contributed by atoms with E-state index in [1.807, 2.05) is 6.07 Å². The van der Waals surface area contributed by atoms with Crippen LogP contribution in [0, 0.1) is 17.8 Å². The van der Waals surface area contributed by atoms with Gasteiger partial charge in [0.1, 0.15) is 0 Å². The first-order chi connectivity index (χ1) is 18.0. The number of benzene rings is 3. The summed E-state index contributed by atoms with van der Waals surface area (Å²) >= 11 is 0. The van der Waals surface area contributed by atoms with Crippen molar-refractivity contribution < 1.29 is 14.7 Å². The monoisotopic (exact) mass is 498 g/mol. The molecule has 0 radical (unpaired) electrons. The summed E-state index contributed by atoms with van der Waals surface area (Å²) in [6.45, 7) is 4.65. The summed E-state index contributed by atoms with van der Waals surface area (Å²) in [5.74, 6) is -0.107. The zero-order valence-corrected chi connectivity index (χ0v) is 21.7. The predicted molar refractivity (Wildman–Crippen MR) is 147 cm³/mol. The molecule has 1 heterocycles. The van der Waals surface area contributed by atoms with E-state index in [1.54, 1.807) is 0 Å². The van der Waals surface area contributed by atoms with Crippen molar-refractivity contribution in [2.45, 2.75) is 51.0 Å². The standard InChI is InChI=1S/C32H38N2O3/c1-22(28-13-7-11-23-10-5-6-12-29(23)28)33-20-27-18-19-34(21-30(27)24-8-3-2-4-9-24)31(35)25-14-16-26(17-15-25)32(36)37/h2-13,22,25-27,30,33H,14-21H2,1H3,(H,36,37)/t22-,25-,26-,27?,30?/m1/s1. The number of carboxylic acids is 1. The Morgan fingerprint density at radius 1 is 0.892 bits per heavy atom. The second-order valence-corrected chi connectivity index (χ2v) is 10.9. The van der Waals surface area contributed by atoms with Crippen molar-refractivity contribution >= 4 is 22.6 Å². The molecule has 1 amide bonds. The van der Waals surface area contributed by atoms with E-state index in [0.29, 0.717) is 31.6 Å². The first-order valence-electron chi connectivity index (χ1n) is 13.8. The van der Waals surface area contributed by atoms with E-state index < -0.39 is 5.97 Å². The van der Waals surface area contributed by atoms with Crippen LogP contribution in [0.4, 0.5) is 0 Å². The van der Waals surface area contributed by atoms with Crippen LogP contribution in [0.25, 0.3) is 10.8 Å². The highest BCUT2D eigenvalue weighted by molar-refractivity contribution is 5.86. The van der Waals surface area contributed by atoms with E-state index in [4.69, 9.17) is 0 Å². The third-order valence-corrected chi connectivity index (χ3v) is 8.70. The first-order valence-corrected chi connectivity index (χ1v) is 13.8. The topological polar surface area (TPSA) is 69.6 Å². The van der Waals surface area contributed by atoms with Crippen LogP contribution >= 0.6 is 0 Å². The molecule has 1 aliphatic carbocycles. The van der Waals surface area contributed by atoms with E-state index in [2.05, 4.69) is 83.9 Å². The molecule has 2 fully saturated rings. The number of aliphatic carboxylic acids is 1. The number of likely N-dealkylation sites (tertiary alicyclic amines) is 1. The van der Waals surface area contributed by atoms with Gasteiger partial charge in [0, 0.05) is 31.0 Å². The van der Waals surface area contributed by atoms with Crippen molar-refractivity contribution in [3.05, 3.63) is 83.9 Å². The van der Waals surface area contributed by atoms with Crippen LogP contribution in [0.15, 0.2) is 72.8 Å². The van der Waals surface area contributed by atoms with Crippen LogP contribution in [0.2, 0.25) is 0 Å². The zero-order chi connectivity index (χ0) is 25.8. The Hall–Kier alpha value is -3.18. The lowest BCUT2D eigenvalue weighted by molar-refractivity contribution is -0.146. The Bertz CT molecular complexity index is 1210. The molecule has 0 spiro atoms. The lowest BCUT2D eigenvalue weighted by Gasteiger charge is -2.41. The van der Waals surface area contributed by atoms with Gasteiger partial charge in [-0.25, -0.2) is 0 Å². The molecule has 5 nitrogen and oxygen atoms in total. The third kappa shape index (κ3) is 5.72. The van der Waals surface area contributed by atoms with Crippen molar-refractivity contribution in [1.82, 2.24) is 10.2 Å². The van der Waals surface area contributed by atoms with E-state index in [0.717, 1.165) is 26.1 Å². The number of piperidine rings is 1. The van der Waals surface area contributed by atoms with Crippen LogP contribution < -0.4 is 5.32 Å². The van der Waals surface area contributed by atoms with Crippen LogP contribution in [-0.2, 0) is 9.59 Å². The summed E-state index contributed by atoms with van der Waals surface area (Å²) in [6.07, 6.45) is 3.57. The summed E-state index contributed by atoms with van der Waals surface area (Å²) in [7, 11) is 0. The molecular formula is C32H38N2O3. The molecule has 3 aromatic carbocycles. The summed E-state index contributed by atoms with van der Waals surface area (Å²) in [6, 6.07) is 25.9. The van der Waals surface area contributed by atoms with Crippen molar-refractivity contribution in [2.75, 3.05) is 19.6 Å². The average molecular weight is 499 g/mol. The Kier molecular flexibility index (Phi) is 7.90. The maximum Gasteiger partial charge on any atom is 0.306 e. The van der Waals surface area contributed by atoms with Gasteiger partial charge in [0.15, 0.2) is 0 Å². The summed E-state index contributed by atoms with van der Waals surface area (Å²) in [5, 5.41) is 15.7. The average Bonchev–Trinajstić information content (AvgIpc) is 2.95. The second-order valence-electron chi connectivity index (χ2n) is 10.9. The van der Waals surface area contributed by atoms with Gasteiger partial charge in [0.25, 0.3) is 0 Å². The van der Waals surface area contributed by atoms with Gasteiger partial charge in [-0.15, -0.1) is 0 Å². The van der Waals surface area contributed by atoms with Crippen LogP contribution in [-0.4, -0.2) is 41.5 Å². The maximum absolute atomic E-state index is 13.5. The number of carboxylic acid groups (broad SMARTS) is 1. The van der Waals surface area contributed by atoms with E-state index in [1.165, 1.54) is 21.9 Å². The molecular weight excluding hydrogens is 460 g/mol. The first kappa shape index (κ1) is 25.5. The fourth-order valence-electron chi connectivity index (χ4n) is 6.43. The molecule has 3 aromatic rings. The molecule has 2 unspecified atom stereocenters. The SMILES string of the molecule is C[C@@H](NCC1CCN(C(=O)[C@H]2CC[C@H](C(=O)O)CC2)CC1c1ccccc1)c1cccc2ccccc12. The fraction of sp³-hybridized carbons (Fsp3) is 0.438. The Balaban J connectivity index is 1.27. The van der Waals surface area contributed by atoms with Gasteiger partial charge in [-0.1, -0.05) is 72.8 Å². The van der Waals surface area contributed by atoms with Crippen molar-refractivity contribution in [3.8, 4) is 0 Å². The van der Waals surface area contributed by atoms with Gasteiger partial charge in [-0.3, -0.25) is 9.59 Å². The molecule has 3 atom stereocenters. The molecule has 1 saturated heterocycles. The number of carbonyl (C=O) groups is 2. The predicted octanol–water partition coefficient (Wildman–Crippen LogP) is 6.01. The number of rotatable bonds is 7. The smallest absolute Gasteiger partial charge is 0.306 e. The summed E-state index contributed by atoms with van der Waals surface area (Å²) in [4.78, 5) is 26.8. The summed E-state index contributed by atoms with van der Waals surface area (Å²) in [5.41, 5.74) is 2.61. The van der Waals surface area contributed by atoms with Crippen LogP contribution in [0.1, 0.15) is 62.1 Å². The number of carbonyl (C=O) groups excluding carboxylic acids is 1. The largest absolute Gasteiger partial charge is 0.481 e. The number of nitrogens with zero attached hydrogens (tertiary/aromatic N) is 1. The minimum Gasteiger partial charge on any atom is -0.481 e. The minimum atomic E-state index is -0.721. The molecule has 0 aromatic heterocycles. The number of fused-ring (bicyclic) bond motifs is 1. The normalized spacial score (nSPS) is 25.1. The highest BCUT2D eigenvalue weighted by atomic mass is 16.4. The third-order valence-electron chi connectivity index (χ3n) is 8.70. The molecule has 194 valence electrons. The second kappa shape index (κ2) is 11.5. The number of hydrogen-bond donors (Lipinski definition) is 2. The number of nitrogens with one attached hydrogen (secondary N) is 1. The molecule has 37 heavy (non-hydrogen) atoms. The van der Waals surface area contributed by atoms with Crippen LogP contribution in [0.5, 0.6) is 0 Å². The Labute approximate surface area is 219 Å². The van der Waals surface area contributed by atoms with Gasteiger partial charge in [0.05, 0.1) is 5.92 Å². The lowest BCUT2D eigenvalue weighted by Crippen LogP contribution is -2.48. The van der Waals surface area contributed by atoms with Crippen molar-refractivity contribution in [2.24, 2.45) is 17.8 Å². The Morgan fingerprint density at radius 2 is 1.57 bits per heavy atom. The Morgan fingerprint density at radius 3 is 2.32 bits per heavy atom. The van der Waals surface area contributed by atoms with Gasteiger partial charge >= 0.3 is 5.97 Å². The van der Waals surface area contributed by atoms with Gasteiger partial charge < -0.3 is 15.3 Å². The van der Waals surface area contributed by atoms with E-state index in [9.17, 15) is 14.7 Å². The molecule has 1 saturated carbocycles. The van der Waals surface area contributed by atoms with E-state index >= 15 is 0 Å². The molecule has 5 rings (SSSR count). The fourth-order valence-corrected chi connectivity index (χ4v) is 6.43. The van der Waals surface area contributed by atoms with Gasteiger partial charge in [0.2, 0.25) is 5.91 Å². The van der Waals surface area contributed by atoms with Crippen molar-refractivity contribution in [3.63, 3.8) is 0 Å². The quantitative estimate of drug-likeness (QED) is 0.418. The molecule has 5 heteroatoms. The number of hydrogen-bond acceptors (Lipinski definition) is 3. The maximum atomic E-state index is 13.5. The highest BCUT2D eigenvalue weighted by Crippen LogP contribution is 2.36. The highest BCUT2D eigenvalue weighted by Gasteiger charge is 2.37. The minimum absolute atomic E-state index is 0.0342. The van der Waals surface area contributed by atoms with E-state index in [-0.39, 0.29) is 29.7 Å². The van der Waals surface area contributed by atoms with Gasteiger partial charge in [-0.05, 0) is 73.4 Å². The number of amides is 1. The zero-order valence-electron chi connectivity index (χ0n) is 21.7. The molecule has 0 bridgehead atoms. The molecule has 2 N–H and O–H groups in total. The van der Waals surface area contributed by atoms with Gasteiger partial charge in [-0.2, -0.15) is 0 Å². The summed E-state index contributed by atoms with van der Waals surface area (Å²) < 4.78 is 0. The van der Waals surface area contributed by atoms with Crippen molar-refractivity contribution in [1.29, 1.82) is 0 Å².